The third-order valence-electron chi connectivity index (χ3n) is 4.90. The van der Waals surface area contributed by atoms with Gasteiger partial charge in [-0.05, 0) is 17.7 Å². The van der Waals surface area contributed by atoms with E-state index in [4.69, 9.17) is 26.8 Å². The van der Waals surface area contributed by atoms with E-state index in [1.165, 1.54) is 0 Å². The molecule has 0 unspecified atom stereocenters. The summed E-state index contributed by atoms with van der Waals surface area (Å²) in [6.45, 7) is 0.692. The molecule has 4 rings (SSSR count). The van der Waals surface area contributed by atoms with Gasteiger partial charge in [0, 0.05) is 10.9 Å². The summed E-state index contributed by atoms with van der Waals surface area (Å²) in [6, 6.07) is 11.6. The molecule has 7 heteroatoms. The number of hydrogen-bond donors (Lipinski definition) is 2. The van der Waals surface area contributed by atoms with Gasteiger partial charge in [-0.2, -0.15) is 10.5 Å². The fourth-order valence-corrected chi connectivity index (χ4v) is 4.10. The second-order valence-corrected chi connectivity index (χ2v) is 6.11. The minimum absolute atomic E-state index is 0.221. The lowest BCUT2D eigenvalue weighted by Gasteiger charge is -2.23. The minimum Gasteiger partial charge on any atom is -0.311 e. The number of ether oxygens (including phenoxy) is 2. The van der Waals surface area contributed by atoms with Crippen molar-refractivity contribution in [3.8, 4) is 12.1 Å². The van der Waals surface area contributed by atoms with E-state index in [2.05, 4.69) is 17.1 Å². The van der Waals surface area contributed by atoms with Gasteiger partial charge in [0.15, 0.2) is 10.8 Å². The molecule has 22 heavy (non-hydrogen) atoms. The highest BCUT2D eigenvalue weighted by molar-refractivity contribution is 6.30. The SMILES string of the molecule is N#C[C@@]12C(N)=[NH+]C3(OCCO3)[C@]1(C#N)[C@@H]2c1ccc(Cl)cc1. The van der Waals surface area contributed by atoms with Crippen LogP contribution in [0.15, 0.2) is 24.3 Å². The summed E-state index contributed by atoms with van der Waals surface area (Å²) in [7, 11) is 0. The topological polar surface area (TPSA) is 106 Å². The summed E-state index contributed by atoms with van der Waals surface area (Å²) < 4.78 is 11.4. The number of nitrogens with two attached hydrogens (primary N) is 1. The van der Waals surface area contributed by atoms with Crippen LogP contribution in [0, 0.1) is 33.5 Å². The molecule has 110 valence electrons. The molecule has 0 aromatic heterocycles. The molecule has 0 amide bonds. The number of nitrogens with zero attached hydrogens (tertiary/aromatic N) is 2. The van der Waals surface area contributed by atoms with E-state index in [9.17, 15) is 10.5 Å². The van der Waals surface area contributed by atoms with Gasteiger partial charge in [0.05, 0.1) is 25.4 Å². The molecule has 1 aromatic carbocycles. The molecule has 3 N–H and O–H groups in total. The number of amidine groups is 1. The Hall–Kier alpha value is -2.12. The second-order valence-electron chi connectivity index (χ2n) is 5.68. The molecular formula is C15H12ClN4O2+. The highest BCUT2D eigenvalue weighted by Crippen LogP contribution is 2.79. The van der Waals surface area contributed by atoms with Crippen LogP contribution in [0.1, 0.15) is 11.5 Å². The van der Waals surface area contributed by atoms with Gasteiger partial charge in [0.25, 0.3) is 5.84 Å². The van der Waals surface area contributed by atoms with Crippen molar-refractivity contribution in [2.24, 2.45) is 16.6 Å². The van der Waals surface area contributed by atoms with E-state index in [1.807, 2.05) is 0 Å². The molecule has 1 saturated carbocycles. The van der Waals surface area contributed by atoms with Gasteiger partial charge in [0.1, 0.15) is 0 Å². The highest BCUT2D eigenvalue weighted by atomic mass is 35.5. The predicted molar refractivity (Wildman–Crippen MR) is 75.1 cm³/mol. The van der Waals surface area contributed by atoms with Gasteiger partial charge in [-0.3, -0.25) is 5.73 Å². The molecule has 2 heterocycles. The van der Waals surface area contributed by atoms with Crippen LogP contribution in [0.25, 0.3) is 0 Å². The normalized spacial score (nSPS) is 37.2. The first kappa shape index (κ1) is 13.5. The predicted octanol–water partition coefficient (Wildman–Crippen LogP) is -0.391. The first-order chi connectivity index (χ1) is 10.6. The summed E-state index contributed by atoms with van der Waals surface area (Å²) in [6.07, 6.45) is 0. The van der Waals surface area contributed by atoms with Crippen LogP contribution in [0.5, 0.6) is 0 Å². The maximum Gasteiger partial charge on any atom is 0.343 e. The summed E-state index contributed by atoms with van der Waals surface area (Å²) in [5, 5.41) is 20.3. The van der Waals surface area contributed by atoms with Crippen LogP contribution in [0.3, 0.4) is 0 Å². The summed E-state index contributed by atoms with van der Waals surface area (Å²) in [5.41, 5.74) is 4.53. The van der Waals surface area contributed by atoms with Crippen LogP contribution >= 0.6 is 11.6 Å². The number of benzene rings is 1. The zero-order chi connectivity index (χ0) is 15.6. The van der Waals surface area contributed by atoms with Crippen LogP contribution < -0.4 is 10.7 Å². The average molecular weight is 316 g/mol. The van der Waals surface area contributed by atoms with E-state index >= 15 is 0 Å². The molecule has 6 nitrogen and oxygen atoms in total. The van der Waals surface area contributed by atoms with Gasteiger partial charge >= 0.3 is 5.91 Å². The average Bonchev–Trinajstić information content (AvgIpc) is 2.77. The molecule has 3 aliphatic rings. The van der Waals surface area contributed by atoms with Crippen LogP contribution in [-0.4, -0.2) is 25.0 Å². The monoisotopic (exact) mass is 315 g/mol. The lowest BCUT2D eigenvalue weighted by Crippen LogP contribution is -2.89. The Labute approximate surface area is 131 Å². The number of nitrogens with one attached hydrogen (secondary N) is 1. The number of hydrogen-bond acceptors (Lipinski definition) is 5. The number of halogens is 1. The molecule has 1 aromatic rings. The van der Waals surface area contributed by atoms with Crippen molar-refractivity contribution in [1.82, 2.24) is 0 Å². The zero-order valence-electron chi connectivity index (χ0n) is 11.5. The third kappa shape index (κ3) is 1.17. The first-order valence-corrected chi connectivity index (χ1v) is 7.23. The lowest BCUT2D eigenvalue weighted by atomic mass is 9.94. The Morgan fingerprint density at radius 3 is 2.36 bits per heavy atom. The van der Waals surface area contributed by atoms with Gasteiger partial charge in [-0.1, -0.05) is 23.7 Å². The Balaban J connectivity index is 1.92. The molecule has 3 atom stereocenters. The molecule has 1 spiro atoms. The van der Waals surface area contributed by atoms with Crippen molar-refractivity contribution in [1.29, 1.82) is 10.5 Å². The Morgan fingerprint density at radius 2 is 1.82 bits per heavy atom. The van der Waals surface area contributed by atoms with Crippen molar-refractivity contribution < 1.29 is 14.5 Å². The second kappa shape index (κ2) is 3.99. The van der Waals surface area contributed by atoms with Gasteiger partial charge in [-0.25, -0.2) is 4.99 Å². The van der Waals surface area contributed by atoms with Crippen molar-refractivity contribution in [2.45, 2.75) is 11.8 Å². The van der Waals surface area contributed by atoms with Gasteiger partial charge in [-0.15, -0.1) is 0 Å². The van der Waals surface area contributed by atoms with Crippen LogP contribution in [0.2, 0.25) is 5.02 Å². The van der Waals surface area contributed by atoms with E-state index < -0.39 is 22.7 Å². The quantitative estimate of drug-likeness (QED) is 0.734. The van der Waals surface area contributed by atoms with E-state index in [0.717, 1.165) is 5.56 Å². The van der Waals surface area contributed by atoms with Gasteiger partial charge in [0.2, 0.25) is 0 Å². The standard InChI is InChI=1S/C15H11ClN4O2/c16-10-3-1-9(2-4-10)11-13(7-17)12(19)20-15(14(11,13)8-18)21-5-6-22-15/h1-4,11H,5-6H2,(H2,19,20)/p+1/t11-,13-,14-/m1/s1. The maximum absolute atomic E-state index is 9.90. The smallest absolute Gasteiger partial charge is 0.311 e. The molecule has 0 radical (unpaired) electrons. The fraction of sp³-hybridized carbons (Fsp3) is 0.400. The Morgan fingerprint density at radius 1 is 1.18 bits per heavy atom. The number of rotatable bonds is 1. The Bertz CT molecular complexity index is 772. The molecule has 1 aliphatic carbocycles. The summed E-state index contributed by atoms with van der Waals surface area (Å²) >= 11 is 5.92. The minimum atomic E-state index is -1.36. The summed E-state index contributed by atoms with van der Waals surface area (Å²) in [5.74, 6) is -1.56. The van der Waals surface area contributed by atoms with E-state index in [1.54, 1.807) is 24.3 Å². The number of fused-ring (bicyclic) bond motifs is 2. The highest BCUT2D eigenvalue weighted by Gasteiger charge is 2.97. The van der Waals surface area contributed by atoms with Crippen molar-refractivity contribution in [3.63, 3.8) is 0 Å². The molecular weight excluding hydrogens is 304 g/mol. The first-order valence-electron chi connectivity index (χ1n) is 6.85. The van der Waals surface area contributed by atoms with Crippen molar-refractivity contribution in [3.05, 3.63) is 34.9 Å². The lowest BCUT2D eigenvalue weighted by molar-refractivity contribution is -0.676. The maximum atomic E-state index is 9.90. The van der Waals surface area contributed by atoms with Crippen LogP contribution in [-0.2, 0) is 9.47 Å². The fourth-order valence-electron chi connectivity index (χ4n) is 3.97. The Kier molecular flexibility index (Phi) is 2.46. The third-order valence-corrected chi connectivity index (χ3v) is 5.15. The zero-order valence-corrected chi connectivity index (χ0v) is 12.2. The van der Waals surface area contributed by atoms with Crippen molar-refractivity contribution in [2.75, 3.05) is 13.2 Å². The van der Waals surface area contributed by atoms with Gasteiger partial charge < -0.3 is 9.47 Å². The molecule has 0 bridgehead atoms. The van der Waals surface area contributed by atoms with Crippen LogP contribution in [0.4, 0.5) is 0 Å². The molecule has 2 aliphatic heterocycles. The molecule has 1 saturated heterocycles. The number of nitriles is 2. The van der Waals surface area contributed by atoms with E-state index in [-0.39, 0.29) is 5.84 Å². The largest absolute Gasteiger partial charge is 0.343 e. The van der Waals surface area contributed by atoms with Crippen molar-refractivity contribution >= 4 is 17.4 Å². The van der Waals surface area contributed by atoms with E-state index in [0.29, 0.717) is 18.2 Å². The molecule has 2 fully saturated rings. The summed E-state index contributed by atoms with van der Waals surface area (Å²) in [4.78, 5) is 2.90.